The summed E-state index contributed by atoms with van der Waals surface area (Å²) in [6.07, 6.45) is 4.88. The van der Waals surface area contributed by atoms with Gasteiger partial charge in [-0.25, -0.2) is 0 Å². The van der Waals surface area contributed by atoms with Gasteiger partial charge in [-0.1, -0.05) is 30.3 Å². The van der Waals surface area contributed by atoms with Crippen molar-refractivity contribution in [1.82, 2.24) is 9.38 Å². The molecule has 0 unspecified atom stereocenters. The van der Waals surface area contributed by atoms with Gasteiger partial charge in [-0.05, 0) is 29.8 Å². The van der Waals surface area contributed by atoms with Gasteiger partial charge in [0.25, 0.3) is 0 Å². The molecule has 0 N–H and O–H groups in total. The highest BCUT2D eigenvalue weighted by Gasteiger charge is 2.05. The molecule has 0 atom stereocenters. The maximum Gasteiger partial charge on any atom is 0.118 e. The molecule has 2 heterocycles. The third kappa shape index (κ3) is 2.21. The van der Waals surface area contributed by atoms with Crippen molar-refractivity contribution in [2.45, 2.75) is 6.42 Å². The van der Waals surface area contributed by atoms with Crippen LogP contribution in [0.25, 0.3) is 16.4 Å². The number of ether oxygens (including phenoxy) is 1. The molecule has 0 saturated heterocycles. The van der Waals surface area contributed by atoms with Crippen LogP contribution in [0.15, 0.2) is 67.0 Å². The van der Waals surface area contributed by atoms with E-state index in [9.17, 15) is 0 Å². The van der Waals surface area contributed by atoms with Crippen molar-refractivity contribution in [3.8, 4) is 5.75 Å². The number of nitrogens with zero attached hydrogens (tertiary/aromatic N) is 2. The summed E-state index contributed by atoms with van der Waals surface area (Å²) >= 11 is 0. The highest BCUT2D eigenvalue weighted by molar-refractivity contribution is 5.86. The minimum Gasteiger partial charge on any atom is -0.497 e. The molecule has 0 aliphatic heterocycles. The fraction of sp³-hybridized carbons (Fsp3) is 0.105. The van der Waals surface area contributed by atoms with Crippen LogP contribution in [0, 0.1) is 0 Å². The van der Waals surface area contributed by atoms with E-state index in [1.165, 1.54) is 16.5 Å². The molecule has 0 aliphatic carbocycles. The zero-order chi connectivity index (χ0) is 14.9. The molecule has 3 nitrogen and oxygen atoms in total. The Bertz CT molecular complexity index is 939. The Kier molecular flexibility index (Phi) is 3.04. The minimum atomic E-state index is 0.812. The summed E-state index contributed by atoms with van der Waals surface area (Å²) in [5.41, 5.74) is 4.62. The summed E-state index contributed by atoms with van der Waals surface area (Å²) in [4.78, 5) is 4.59. The zero-order valence-corrected chi connectivity index (χ0v) is 12.4. The fourth-order valence-electron chi connectivity index (χ4n) is 2.82. The molecule has 22 heavy (non-hydrogen) atoms. The molecule has 0 radical (unpaired) electrons. The quantitative estimate of drug-likeness (QED) is 0.567. The summed E-state index contributed by atoms with van der Waals surface area (Å²) in [5.74, 6) is 0.878. The Morgan fingerprint density at radius 3 is 2.68 bits per heavy atom. The molecule has 0 fully saturated rings. The van der Waals surface area contributed by atoms with Gasteiger partial charge in [0.15, 0.2) is 0 Å². The molecule has 3 heteroatoms. The maximum absolute atomic E-state index is 5.20. The molecule has 0 aliphatic rings. The van der Waals surface area contributed by atoms with Gasteiger partial charge in [0, 0.05) is 18.0 Å². The van der Waals surface area contributed by atoms with Gasteiger partial charge in [0.2, 0.25) is 0 Å². The van der Waals surface area contributed by atoms with E-state index in [1.807, 2.05) is 18.3 Å². The topological polar surface area (TPSA) is 26.5 Å². The molecule has 4 rings (SSSR count). The predicted octanol–water partition coefficient (Wildman–Crippen LogP) is 4.09. The first-order chi connectivity index (χ1) is 10.8. The Morgan fingerprint density at radius 2 is 1.86 bits per heavy atom. The van der Waals surface area contributed by atoms with Gasteiger partial charge in [0.05, 0.1) is 30.0 Å². The van der Waals surface area contributed by atoms with E-state index in [1.54, 1.807) is 7.11 Å². The van der Waals surface area contributed by atoms with Crippen molar-refractivity contribution < 1.29 is 4.74 Å². The predicted molar refractivity (Wildman–Crippen MR) is 88.5 cm³/mol. The Morgan fingerprint density at radius 1 is 1.05 bits per heavy atom. The van der Waals surface area contributed by atoms with Crippen molar-refractivity contribution in [1.29, 1.82) is 0 Å². The van der Waals surface area contributed by atoms with Crippen LogP contribution in [0.4, 0.5) is 0 Å². The molecule has 0 spiro atoms. The number of rotatable bonds is 3. The van der Waals surface area contributed by atoms with Crippen LogP contribution < -0.4 is 4.74 Å². The highest BCUT2D eigenvalue weighted by atomic mass is 16.5. The van der Waals surface area contributed by atoms with Gasteiger partial charge in [0.1, 0.15) is 5.75 Å². The van der Waals surface area contributed by atoms with Crippen LogP contribution in [0.1, 0.15) is 11.3 Å². The summed E-state index contributed by atoms with van der Waals surface area (Å²) < 4.78 is 7.40. The van der Waals surface area contributed by atoms with Crippen molar-refractivity contribution in [2.75, 3.05) is 7.11 Å². The second kappa shape index (κ2) is 5.19. The summed E-state index contributed by atoms with van der Waals surface area (Å²) in [5, 5.41) is 1.24. The summed E-state index contributed by atoms with van der Waals surface area (Å²) in [6, 6.07) is 18.7. The number of hydrogen-bond acceptors (Lipinski definition) is 2. The fourth-order valence-corrected chi connectivity index (χ4v) is 2.82. The number of benzene rings is 2. The lowest BCUT2D eigenvalue weighted by Gasteiger charge is -2.05. The maximum atomic E-state index is 5.20. The second-order valence-electron chi connectivity index (χ2n) is 5.40. The van der Waals surface area contributed by atoms with Crippen LogP contribution in [0.2, 0.25) is 0 Å². The monoisotopic (exact) mass is 288 g/mol. The smallest absolute Gasteiger partial charge is 0.118 e. The van der Waals surface area contributed by atoms with E-state index in [0.717, 1.165) is 23.4 Å². The normalized spacial score (nSPS) is 11.1. The largest absolute Gasteiger partial charge is 0.497 e. The lowest BCUT2D eigenvalue weighted by Crippen LogP contribution is -1.96. The van der Waals surface area contributed by atoms with Gasteiger partial charge >= 0.3 is 0 Å². The number of hydrogen-bond donors (Lipinski definition) is 0. The number of fused-ring (bicyclic) bond motifs is 3. The van der Waals surface area contributed by atoms with Gasteiger partial charge < -0.3 is 9.14 Å². The molecule has 108 valence electrons. The minimum absolute atomic E-state index is 0.812. The molecule has 2 aromatic heterocycles. The molecule has 0 bridgehead atoms. The molecular weight excluding hydrogens is 272 g/mol. The number of aromatic nitrogens is 2. The molecule has 4 aromatic rings. The van der Waals surface area contributed by atoms with E-state index in [2.05, 4.69) is 58.0 Å². The van der Waals surface area contributed by atoms with E-state index >= 15 is 0 Å². The van der Waals surface area contributed by atoms with Gasteiger partial charge in [-0.2, -0.15) is 0 Å². The van der Waals surface area contributed by atoms with E-state index in [4.69, 9.17) is 4.74 Å². The lowest BCUT2D eigenvalue weighted by atomic mass is 10.1. The van der Waals surface area contributed by atoms with Crippen molar-refractivity contribution in [3.63, 3.8) is 0 Å². The molecular formula is C19H16N2O. The summed E-state index contributed by atoms with van der Waals surface area (Å²) in [6.45, 7) is 0. The van der Waals surface area contributed by atoms with Crippen molar-refractivity contribution in [2.24, 2.45) is 0 Å². The van der Waals surface area contributed by atoms with Crippen LogP contribution in [0.5, 0.6) is 5.75 Å². The Labute approximate surface area is 128 Å². The van der Waals surface area contributed by atoms with Crippen molar-refractivity contribution in [3.05, 3.63) is 78.2 Å². The third-order valence-corrected chi connectivity index (χ3v) is 3.96. The average Bonchev–Trinajstić information content (AvgIpc) is 2.94. The molecule has 2 aromatic carbocycles. The SMILES string of the molecule is COc1ccc(Cc2cn3c(cn2)cc2ccccc23)cc1. The third-order valence-electron chi connectivity index (χ3n) is 3.96. The first-order valence-corrected chi connectivity index (χ1v) is 7.31. The average molecular weight is 288 g/mol. The van der Waals surface area contributed by atoms with E-state index < -0.39 is 0 Å². The number of methoxy groups -OCH3 is 1. The molecule has 0 saturated carbocycles. The standard InChI is InChI=1S/C19H16N2O/c1-22-18-8-6-14(7-9-18)10-16-13-21-17(12-20-16)11-15-4-2-3-5-19(15)21/h2-9,11-13H,10H2,1H3. The zero-order valence-electron chi connectivity index (χ0n) is 12.4. The van der Waals surface area contributed by atoms with Crippen LogP contribution in [0.3, 0.4) is 0 Å². The van der Waals surface area contributed by atoms with Crippen molar-refractivity contribution >= 4 is 16.4 Å². The van der Waals surface area contributed by atoms with Crippen LogP contribution in [-0.4, -0.2) is 16.5 Å². The first kappa shape index (κ1) is 12.9. The van der Waals surface area contributed by atoms with Gasteiger partial charge in [-0.3, -0.25) is 4.98 Å². The number of para-hydroxylation sites is 1. The van der Waals surface area contributed by atoms with Crippen LogP contribution >= 0.6 is 0 Å². The second-order valence-corrected chi connectivity index (χ2v) is 5.40. The Balaban J connectivity index is 1.73. The van der Waals surface area contributed by atoms with Crippen LogP contribution in [-0.2, 0) is 6.42 Å². The molecule has 0 amide bonds. The summed E-state index contributed by atoms with van der Waals surface area (Å²) in [7, 11) is 1.68. The lowest BCUT2D eigenvalue weighted by molar-refractivity contribution is 0.414. The Hall–Kier alpha value is -2.81. The van der Waals surface area contributed by atoms with E-state index in [-0.39, 0.29) is 0 Å². The highest BCUT2D eigenvalue weighted by Crippen LogP contribution is 2.20. The van der Waals surface area contributed by atoms with E-state index in [0.29, 0.717) is 0 Å². The van der Waals surface area contributed by atoms with Gasteiger partial charge in [-0.15, -0.1) is 0 Å². The first-order valence-electron chi connectivity index (χ1n) is 7.31.